The minimum absolute atomic E-state index is 0.0186. The largest absolute Gasteiger partial charge is 0.387 e. The third kappa shape index (κ3) is 3.28. The van der Waals surface area contributed by atoms with Gasteiger partial charge in [-0.25, -0.2) is 0 Å². The quantitative estimate of drug-likeness (QED) is 0.619. The van der Waals surface area contributed by atoms with Gasteiger partial charge in [-0.15, -0.1) is 0 Å². The number of nitriles is 1. The third-order valence-electron chi connectivity index (χ3n) is 3.72. The molecule has 2 rings (SSSR count). The van der Waals surface area contributed by atoms with Crippen LogP contribution >= 0.6 is 11.8 Å². The minimum Gasteiger partial charge on any atom is -0.387 e. The highest BCUT2D eigenvalue weighted by molar-refractivity contribution is 8.00. The van der Waals surface area contributed by atoms with Gasteiger partial charge in [-0.05, 0) is 30.7 Å². The van der Waals surface area contributed by atoms with Gasteiger partial charge in [-0.1, -0.05) is 6.92 Å². The van der Waals surface area contributed by atoms with E-state index in [2.05, 4.69) is 12.2 Å². The van der Waals surface area contributed by atoms with Crippen molar-refractivity contribution in [2.75, 3.05) is 17.6 Å². The predicted octanol–water partition coefficient (Wildman–Crippen LogP) is 2.52. The second-order valence-electron chi connectivity index (χ2n) is 5.04. The number of rotatable bonds is 6. The Morgan fingerprint density at radius 3 is 2.95 bits per heavy atom. The minimum atomic E-state index is -0.741. The van der Waals surface area contributed by atoms with E-state index in [1.165, 1.54) is 12.1 Å². The first-order valence-corrected chi connectivity index (χ1v) is 7.81. The zero-order valence-corrected chi connectivity index (χ0v) is 12.5. The lowest BCUT2D eigenvalue weighted by Crippen LogP contribution is -2.54. The molecule has 7 heteroatoms. The number of nitrogens with one attached hydrogen (secondary N) is 1. The fourth-order valence-corrected chi connectivity index (χ4v) is 3.59. The number of hydrogen-bond acceptors (Lipinski definition) is 6. The first kappa shape index (κ1) is 15.6. The Hall–Kier alpha value is -1.78. The summed E-state index contributed by atoms with van der Waals surface area (Å²) in [5, 5.41) is 33.5. The number of benzene rings is 1. The molecule has 0 unspecified atom stereocenters. The second kappa shape index (κ2) is 6.33. The maximum absolute atomic E-state index is 10.8. The van der Waals surface area contributed by atoms with Gasteiger partial charge < -0.3 is 10.4 Å². The van der Waals surface area contributed by atoms with E-state index in [0.717, 1.165) is 18.6 Å². The molecular formula is C14H17N3O3S. The lowest BCUT2D eigenvalue weighted by atomic mass is 9.79. The van der Waals surface area contributed by atoms with Crippen LogP contribution in [-0.4, -0.2) is 33.2 Å². The van der Waals surface area contributed by atoms with E-state index in [9.17, 15) is 15.2 Å². The summed E-state index contributed by atoms with van der Waals surface area (Å²) < 4.78 is 0. The number of nitro groups is 1. The monoisotopic (exact) mass is 307 g/mol. The van der Waals surface area contributed by atoms with Crippen molar-refractivity contribution >= 4 is 23.1 Å². The van der Waals surface area contributed by atoms with E-state index in [0.29, 0.717) is 12.2 Å². The molecule has 0 aromatic heterocycles. The normalized spacial score (nSPS) is 24.0. The molecule has 1 saturated carbocycles. The van der Waals surface area contributed by atoms with Crippen LogP contribution in [0, 0.1) is 21.4 Å². The number of anilines is 1. The van der Waals surface area contributed by atoms with Crippen molar-refractivity contribution in [3.05, 3.63) is 33.9 Å². The van der Waals surface area contributed by atoms with Gasteiger partial charge >= 0.3 is 0 Å². The first-order chi connectivity index (χ1) is 10.00. The molecule has 2 atom stereocenters. The number of thioether (sulfide) groups is 1. The van der Waals surface area contributed by atoms with E-state index in [1.54, 1.807) is 17.8 Å². The fourth-order valence-electron chi connectivity index (χ4n) is 2.39. The van der Waals surface area contributed by atoms with Crippen LogP contribution in [0.1, 0.15) is 25.3 Å². The molecule has 1 aromatic rings. The fraction of sp³-hybridized carbons (Fsp3) is 0.500. The summed E-state index contributed by atoms with van der Waals surface area (Å²) in [5.74, 6) is 0.961. The molecule has 1 aliphatic rings. The molecule has 0 amide bonds. The van der Waals surface area contributed by atoms with Crippen LogP contribution in [0.5, 0.6) is 0 Å². The predicted molar refractivity (Wildman–Crippen MR) is 82.4 cm³/mol. The molecule has 0 saturated heterocycles. The Balaban J connectivity index is 2.04. The second-order valence-corrected chi connectivity index (χ2v) is 6.52. The topological polar surface area (TPSA) is 99.2 Å². The summed E-state index contributed by atoms with van der Waals surface area (Å²) in [6, 6.07) is 6.14. The van der Waals surface area contributed by atoms with Gasteiger partial charge in [0.2, 0.25) is 0 Å². The van der Waals surface area contributed by atoms with E-state index < -0.39 is 10.5 Å². The molecule has 1 aliphatic carbocycles. The van der Waals surface area contributed by atoms with Gasteiger partial charge in [-0.2, -0.15) is 17.0 Å². The van der Waals surface area contributed by atoms with Crippen LogP contribution in [0.25, 0.3) is 0 Å². The van der Waals surface area contributed by atoms with E-state index in [-0.39, 0.29) is 16.5 Å². The summed E-state index contributed by atoms with van der Waals surface area (Å²) in [4.78, 5) is 10.2. The molecule has 112 valence electrons. The van der Waals surface area contributed by atoms with Gasteiger partial charge in [0.1, 0.15) is 11.6 Å². The Labute approximate surface area is 127 Å². The number of nitro benzene ring substituents is 1. The summed E-state index contributed by atoms with van der Waals surface area (Å²) in [6.07, 6.45) is 1.75. The summed E-state index contributed by atoms with van der Waals surface area (Å²) in [7, 11) is 0. The molecular weight excluding hydrogens is 290 g/mol. The lowest BCUT2D eigenvalue weighted by molar-refractivity contribution is -0.385. The van der Waals surface area contributed by atoms with Gasteiger partial charge in [0.05, 0.1) is 10.5 Å². The van der Waals surface area contributed by atoms with Gasteiger partial charge in [0, 0.05) is 23.5 Å². The Morgan fingerprint density at radius 1 is 1.67 bits per heavy atom. The number of hydrogen-bond donors (Lipinski definition) is 2. The van der Waals surface area contributed by atoms with Crippen LogP contribution in [0.3, 0.4) is 0 Å². The van der Waals surface area contributed by atoms with Gasteiger partial charge in [-0.3, -0.25) is 10.1 Å². The third-order valence-corrected chi connectivity index (χ3v) is 5.13. The van der Waals surface area contributed by atoms with Gasteiger partial charge in [0.25, 0.3) is 5.69 Å². The lowest BCUT2D eigenvalue weighted by Gasteiger charge is -2.45. The van der Waals surface area contributed by atoms with Crippen molar-refractivity contribution in [1.82, 2.24) is 0 Å². The summed E-state index contributed by atoms with van der Waals surface area (Å²) in [5.41, 5.74) is -0.317. The zero-order valence-electron chi connectivity index (χ0n) is 11.7. The smallest absolute Gasteiger partial charge is 0.287 e. The van der Waals surface area contributed by atoms with E-state index in [4.69, 9.17) is 5.26 Å². The maximum atomic E-state index is 10.8. The maximum Gasteiger partial charge on any atom is 0.287 e. The highest BCUT2D eigenvalue weighted by Gasteiger charge is 2.44. The Kier molecular flexibility index (Phi) is 4.70. The molecule has 1 fully saturated rings. The van der Waals surface area contributed by atoms with Crippen molar-refractivity contribution in [3.8, 4) is 6.07 Å². The molecule has 1 aromatic carbocycles. The highest BCUT2D eigenvalue weighted by atomic mass is 32.2. The first-order valence-electron chi connectivity index (χ1n) is 6.76. The summed E-state index contributed by atoms with van der Waals surface area (Å²) >= 11 is 1.74. The van der Waals surface area contributed by atoms with Crippen LogP contribution in [0.2, 0.25) is 0 Å². The van der Waals surface area contributed by atoms with Crippen molar-refractivity contribution in [1.29, 1.82) is 5.26 Å². The Bertz CT molecular complexity index is 587. The van der Waals surface area contributed by atoms with Crippen LogP contribution in [-0.2, 0) is 0 Å². The van der Waals surface area contributed by atoms with Crippen molar-refractivity contribution in [2.45, 2.75) is 30.6 Å². The highest BCUT2D eigenvalue weighted by Crippen LogP contribution is 2.41. The summed E-state index contributed by atoms with van der Waals surface area (Å²) in [6.45, 7) is 2.44. The number of nitrogens with zero attached hydrogens (tertiary/aromatic N) is 2. The van der Waals surface area contributed by atoms with Crippen LogP contribution < -0.4 is 5.32 Å². The molecule has 6 nitrogen and oxygen atoms in total. The van der Waals surface area contributed by atoms with Gasteiger partial charge in [0.15, 0.2) is 0 Å². The van der Waals surface area contributed by atoms with Crippen molar-refractivity contribution < 1.29 is 10.0 Å². The molecule has 21 heavy (non-hydrogen) atoms. The number of aliphatic hydroxyl groups is 1. The molecule has 0 bridgehead atoms. The van der Waals surface area contributed by atoms with Crippen LogP contribution in [0.4, 0.5) is 11.4 Å². The molecule has 0 aliphatic heterocycles. The standard InChI is InChI=1S/C14H17N3O3S/c1-2-21-13-5-6-14(13,18)9-16-11-3-4-12(17(19)20)10(7-11)8-15/h3-4,7,13,16,18H,2,5-6,9H2,1H3/t13-,14-/m1/s1. The van der Waals surface area contributed by atoms with Crippen molar-refractivity contribution in [3.63, 3.8) is 0 Å². The SMILES string of the molecule is CCS[C@@H]1CC[C@@]1(O)CNc1ccc([N+](=O)[O-])c(C#N)c1. The van der Waals surface area contributed by atoms with Crippen LogP contribution in [0.15, 0.2) is 18.2 Å². The van der Waals surface area contributed by atoms with Crippen molar-refractivity contribution in [2.24, 2.45) is 0 Å². The molecule has 0 heterocycles. The molecule has 0 spiro atoms. The van der Waals surface area contributed by atoms with E-state index >= 15 is 0 Å². The molecule has 2 N–H and O–H groups in total. The van der Waals surface area contributed by atoms with E-state index in [1.807, 2.05) is 6.07 Å². The average molecular weight is 307 g/mol. The zero-order chi connectivity index (χ0) is 15.5. The average Bonchev–Trinajstić information content (AvgIpc) is 2.48. The molecule has 0 radical (unpaired) electrons. The Morgan fingerprint density at radius 2 is 2.43 bits per heavy atom.